The molecule has 1 N–H and O–H groups in total. The second-order valence-corrected chi connectivity index (χ2v) is 6.95. The van der Waals surface area contributed by atoms with Crippen LogP contribution in [0.4, 0.5) is 0 Å². The van der Waals surface area contributed by atoms with E-state index >= 15 is 0 Å². The van der Waals surface area contributed by atoms with Gasteiger partial charge in [0.2, 0.25) is 6.29 Å². The molecule has 2 saturated heterocycles. The van der Waals surface area contributed by atoms with Crippen LogP contribution in [0.5, 0.6) is 23.0 Å². The molecular formula is C20H20O7. The van der Waals surface area contributed by atoms with Gasteiger partial charge in [0, 0.05) is 17.5 Å². The SMILES string of the molecule is COc1cc(OC2OCC3C(c4ccc5c(c4)OOC5)OCC23)ccc1O. The number of hydrogen-bond donors (Lipinski definition) is 1. The molecule has 27 heavy (non-hydrogen) atoms. The van der Waals surface area contributed by atoms with Crippen molar-refractivity contribution < 1.29 is 33.8 Å². The van der Waals surface area contributed by atoms with E-state index in [0.29, 0.717) is 31.3 Å². The predicted molar refractivity (Wildman–Crippen MR) is 92.6 cm³/mol. The maximum atomic E-state index is 9.72. The summed E-state index contributed by atoms with van der Waals surface area (Å²) >= 11 is 0. The van der Waals surface area contributed by atoms with Gasteiger partial charge < -0.3 is 28.9 Å². The molecule has 7 heteroatoms. The van der Waals surface area contributed by atoms with Gasteiger partial charge in [-0.05, 0) is 23.8 Å². The van der Waals surface area contributed by atoms with Crippen LogP contribution >= 0.6 is 0 Å². The van der Waals surface area contributed by atoms with Crippen LogP contribution in [0.15, 0.2) is 36.4 Å². The lowest BCUT2D eigenvalue weighted by atomic mass is 9.89. The smallest absolute Gasteiger partial charge is 0.205 e. The Morgan fingerprint density at radius 2 is 1.93 bits per heavy atom. The summed E-state index contributed by atoms with van der Waals surface area (Å²) in [7, 11) is 1.50. The summed E-state index contributed by atoms with van der Waals surface area (Å²) in [6, 6.07) is 10.9. The van der Waals surface area contributed by atoms with E-state index < -0.39 is 6.29 Å². The van der Waals surface area contributed by atoms with Crippen LogP contribution in [0.2, 0.25) is 0 Å². The molecule has 5 rings (SSSR count). The number of rotatable bonds is 4. The van der Waals surface area contributed by atoms with Crippen LogP contribution in [0, 0.1) is 11.8 Å². The van der Waals surface area contributed by atoms with Crippen LogP contribution in [0.3, 0.4) is 0 Å². The van der Waals surface area contributed by atoms with Crippen LogP contribution < -0.4 is 14.4 Å². The largest absolute Gasteiger partial charge is 0.504 e. The third-order valence-corrected chi connectivity index (χ3v) is 5.40. The van der Waals surface area contributed by atoms with Crippen molar-refractivity contribution in [3.63, 3.8) is 0 Å². The second kappa shape index (κ2) is 6.60. The predicted octanol–water partition coefficient (Wildman–Crippen LogP) is 2.96. The van der Waals surface area contributed by atoms with Crippen LogP contribution in [-0.4, -0.2) is 31.7 Å². The van der Waals surface area contributed by atoms with E-state index in [2.05, 4.69) is 6.07 Å². The molecule has 3 aliphatic rings. The van der Waals surface area contributed by atoms with E-state index in [-0.39, 0.29) is 23.7 Å². The molecule has 0 saturated carbocycles. The minimum Gasteiger partial charge on any atom is -0.504 e. The summed E-state index contributed by atoms with van der Waals surface area (Å²) in [5, 5.41) is 9.72. The van der Waals surface area contributed by atoms with Crippen LogP contribution in [-0.2, 0) is 21.0 Å². The molecule has 7 nitrogen and oxygen atoms in total. The van der Waals surface area contributed by atoms with Crippen molar-refractivity contribution in [1.82, 2.24) is 0 Å². The van der Waals surface area contributed by atoms with E-state index in [1.54, 1.807) is 18.2 Å². The Balaban J connectivity index is 1.31. The highest BCUT2D eigenvalue weighted by Crippen LogP contribution is 2.46. The van der Waals surface area contributed by atoms with Crippen molar-refractivity contribution in [2.24, 2.45) is 11.8 Å². The average molecular weight is 372 g/mol. The minimum atomic E-state index is -0.400. The number of benzene rings is 2. The number of ether oxygens (including phenoxy) is 4. The number of aromatic hydroxyl groups is 1. The van der Waals surface area contributed by atoms with E-state index in [0.717, 1.165) is 16.9 Å². The Bertz CT molecular complexity index is 852. The summed E-state index contributed by atoms with van der Waals surface area (Å²) in [6.45, 7) is 1.59. The van der Waals surface area contributed by atoms with E-state index in [4.69, 9.17) is 28.7 Å². The fourth-order valence-corrected chi connectivity index (χ4v) is 3.94. The highest BCUT2D eigenvalue weighted by Gasteiger charge is 2.49. The van der Waals surface area contributed by atoms with Gasteiger partial charge in [-0.1, -0.05) is 12.1 Å². The fraction of sp³-hybridized carbons (Fsp3) is 0.400. The molecule has 2 aromatic rings. The lowest BCUT2D eigenvalue weighted by Crippen LogP contribution is -2.26. The molecule has 3 heterocycles. The van der Waals surface area contributed by atoms with Crippen LogP contribution in [0.1, 0.15) is 17.2 Å². The highest BCUT2D eigenvalue weighted by atomic mass is 17.2. The Morgan fingerprint density at radius 1 is 1.04 bits per heavy atom. The molecule has 4 atom stereocenters. The molecule has 0 aliphatic carbocycles. The standard InChI is InChI=1S/C20H20O7/c1-22-18-7-13(4-5-16(18)21)26-20-15-10-23-19(14(15)9-24-20)11-2-3-12-8-25-27-17(12)6-11/h2-7,14-15,19-21H,8-10H2,1H3. The molecule has 142 valence electrons. The van der Waals surface area contributed by atoms with E-state index in [9.17, 15) is 5.11 Å². The second-order valence-electron chi connectivity index (χ2n) is 6.95. The van der Waals surface area contributed by atoms with Crippen molar-refractivity contribution >= 4 is 0 Å². The van der Waals surface area contributed by atoms with Crippen LogP contribution in [0.25, 0.3) is 0 Å². The van der Waals surface area contributed by atoms with Gasteiger partial charge in [0.1, 0.15) is 12.4 Å². The molecule has 0 amide bonds. The maximum absolute atomic E-state index is 9.72. The normalized spacial score (nSPS) is 28.5. The number of phenols is 1. The number of methoxy groups -OCH3 is 1. The molecule has 2 aromatic carbocycles. The Labute approximate surface area is 156 Å². The zero-order chi connectivity index (χ0) is 18.4. The van der Waals surface area contributed by atoms with Gasteiger partial charge in [0.25, 0.3) is 0 Å². The monoisotopic (exact) mass is 372 g/mol. The summed E-state index contributed by atoms with van der Waals surface area (Å²) < 4.78 is 23.1. The average Bonchev–Trinajstić information content (AvgIpc) is 3.39. The Hall–Kier alpha value is -2.48. The van der Waals surface area contributed by atoms with Gasteiger partial charge in [0.15, 0.2) is 17.2 Å². The molecule has 0 aromatic heterocycles. The Morgan fingerprint density at radius 3 is 2.81 bits per heavy atom. The first-order chi connectivity index (χ1) is 13.2. The highest BCUT2D eigenvalue weighted by molar-refractivity contribution is 5.44. The zero-order valence-corrected chi connectivity index (χ0v) is 14.8. The molecule has 0 spiro atoms. The van der Waals surface area contributed by atoms with Gasteiger partial charge in [-0.3, -0.25) is 0 Å². The summed E-state index contributed by atoms with van der Waals surface area (Å²) in [4.78, 5) is 10.2. The first kappa shape index (κ1) is 16.7. The molecule has 2 fully saturated rings. The quantitative estimate of drug-likeness (QED) is 0.827. The van der Waals surface area contributed by atoms with Gasteiger partial charge in [-0.25, -0.2) is 0 Å². The molecule has 3 aliphatic heterocycles. The van der Waals surface area contributed by atoms with Crippen molar-refractivity contribution in [1.29, 1.82) is 0 Å². The summed E-state index contributed by atoms with van der Waals surface area (Å²) in [6.07, 6.45) is -0.462. The Kier molecular flexibility index (Phi) is 4.07. The molecule has 4 unspecified atom stereocenters. The van der Waals surface area contributed by atoms with Crippen molar-refractivity contribution in [2.75, 3.05) is 20.3 Å². The van der Waals surface area contributed by atoms with Crippen molar-refractivity contribution in [3.05, 3.63) is 47.5 Å². The van der Waals surface area contributed by atoms with Gasteiger partial charge in [-0.15, -0.1) is 0 Å². The number of phenolic OH excluding ortho intramolecular Hbond substituents is 1. The fourth-order valence-electron chi connectivity index (χ4n) is 3.94. The molecular weight excluding hydrogens is 352 g/mol. The lowest BCUT2D eigenvalue weighted by molar-refractivity contribution is -0.194. The first-order valence-electron chi connectivity index (χ1n) is 8.92. The topological polar surface area (TPSA) is 75.6 Å². The van der Waals surface area contributed by atoms with E-state index in [1.807, 2.05) is 12.1 Å². The summed E-state index contributed by atoms with van der Waals surface area (Å²) in [5.41, 5.74) is 2.10. The number of fused-ring (bicyclic) bond motifs is 2. The molecule has 0 radical (unpaired) electrons. The lowest BCUT2D eigenvalue weighted by Gasteiger charge is -2.18. The third kappa shape index (κ3) is 2.88. The maximum Gasteiger partial charge on any atom is 0.205 e. The van der Waals surface area contributed by atoms with Crippen molar-refractivity contribution in [3.8, 4) is 23.0 Å². The number of hydrogen-bond acceptors (Lipinski definition) is 7. The van der Waals surface area contributed by atoms with E-state index in [1.165, 1.54) is 7.11 Å². The first-order valence-corrected chi connectivity index (χ1v) is 8.92. The van der Waals surface area contributed by atoms with Crippen molar-refractivity contribution in [2.45, 2.75) is 19.0 Å². The van der Waals surface area contributed by atoms with Gasteiger partial charge in [0.05, 0.1) is 32.3 Å². The zero-order valence-electron chi connectivity index (χ0n) is 14.8. The van der Waals surface area contributed by atoms with Gasteiger partial charge in [-0.2, -0.15) is 4.89 Å². The van der Waals surface area contributed by atoms with Gasteiger partial charge >= 0.3 is 0 Å². The summed E-state index contributed by atoms with van der Waals surface area (Å²) in [5.74, 6) is 2.10. The third-order valence-electron chi connectivity index (χ3n) is 5.40. The minimum absolute atomic E-state index is 0.0625. The molecule has 0 bridgehead atoms.